The van der Waals surface area contributed by atoms with Crippen molar-refractivity contribution in [2.45, 2.75) is 37.6 Å². The lowest BCUT2D eigenvalue weighted by molar-refractivity contribution is 0.397. The Hall–Kier alpha value is -1.20. The first-order valence-corrected chi connectivity index (χ1v) is 9.16. The number of hydrogen-bond acceptors (Lipinski definition) is 4. The van der Waals surface area contributed by atoms with E-state index >= 15 is 0 Å². The van der Waals surface area contributed by atoms with E-state index in [-0.39, 0.29) is 6.04 Å². The van der Waals surface area contributed by atoms with Crippen LogP contribution in [-0.2, 0) is 6.42 Å². The molecule has 3 nitrogen and oxygen atoms in total. The first-order chi connectivity index (χ1) is 11.0. The number of alkyl halides is 1. The zero-order valence-electron chi connectivity index (χ0n) is 14.4. The van der Waals surface area contributed by atoms with Gasteiger partial charge in [0, 0.05) is 35.5 Å². The third-order valence-electron chi connectivity index (χ3n) is 3.34. The average molecular weight is 340 g/mol. The average Bonchev–Trinajstić information content (AvgIpc) is 2.55. The standard InChI is InChI=1S/C18H30FN3S/c1-14(2)13-23-18-6-4-15(5-7-18)10-17(11-19)22-12-16(20)8-9-21-3/h4-7,12,14,17,21-22H,8-11,13,20H2,1-3H3/b16-12-/t17-/m0/s1. The highest BCUT2D eigenvalue weighted by atomic mass is 32.2. The summed E-state index contributed by atoms with van der Waals surface area (Å²) in [5, 5.41) is 6.12. The van der Waals surface area contributed by atoms with Crippen molar-refractivity contribution >= 4 is 11.8 Å². The SMILES string of the molecule is CNCC/C(N)=C/N[C@H](CF)Cc1ccc(SCC(C)C)cc1. The molecule has 4 N–H and O–H groups in total. The van der Waals surface area contributed by atoms with Crippen LogP contribution in [-0.4, -0.2) is 32.1 Å². The molecule has 0 saturated carbocycles. The Morgan fingerprint density at radius 1 is 1.30 bits per heavy atom. The minimum Gasteiger partial charge on any atom is -0.401 e. The highest BCUT2D eigenvalue weighted by Gasteiger charge is 2.08. The molecular formula is C18H30FN3S. The molecule has 0 spiro atoms. The summed E-state index contributed by atoms with van der Waals surface area (Å²) >= 11 is 1.86. The van der Waals surface area contributed by atoms with Crippen LogP contribution in [0.3, 0.4) is 0 Å². The Bertz CT molecular complexity index is 460. The van der Waals surface area contributed by atoms with Crippen molar-refractivity contribution in [3.8, 4) is 0 Å². The molecule has 1 aromatic carbocycles. The van der Waals surface area contributed by atoms with Crippen LogP contribution in [0.4, 0.5) is 4.39 Å². The monoisotopic (exact) mass is 339 g/mol. The van der Waals surface area contributed by atoms with Gasteiger partial charge in [-0.2, -0.15) is 0 Å². The second-order valence-electron chi connectivity index (χ2n) is 6.14. The number of nitrogens with two attached hydrogens (primary N) is 1. The molecule has 1 rings (SSSR count). The van der Waals surface area contributed by atoms with Gasteiger partial charge in [0.25, 0.3) is 0 Å². The predicted octanol–water partition coefficient (Wildman–Crippen LogP) is 3.31. The van der Waals surface area contributed by atoms with Crippen LogP contribution in [0.25, 0.3) is 0 Å². The minimum absolute atomic E-state index is 0.239. The van der Waals surface area contributed by atoms with Gasteiger partial charge in [-0.1, -0.05) is 26.0 Å². The molecule has 0 fully saturated rings. The molecular weight excluding hydrogens is 309 g/mol. The summed E-state index contributed by atoms with van der Waals surface area (Å²) in [6.45, 7) is 4.84. The van der Waals surface area contributed by atoms with E-state index in [1.807, 2.05) is 18.8 Å². The van der Waals surface area contributed by atoms with E-state index in [9.17, 15) is 4.39 Å². The fourth-order valence-corrected chi connectivity index (χ4v) is 2.85. The summed E-state index contributed by atoms with van der Waals surface area (Å²) in [5.41, 5.74) is 7.74. The second-order valence-corrected chi connectivity index (χ2v) is 7.24. The Balaban J connectivity index is 2.48. The third kappa shape index (κ3) is 8.86. The van der Waals surface area contributed by atoms with E-state index in [1.165, 1.54) is 4.90 Å². The van der Waals surface area contributed by atoms with E-state index in [1.54, 1.807) is 6.20 Å². The molecule has 0 radical (unpaired) electrons. The van der Waals surface area contributed by atoms with Gasteiger partial charge >= 0.3 is 0 Å². The number of nitrogens with one attached hydrogen (secondary N) is 2. The molecule has 0 saturated heterocycles. The number of hydrogen-bond donors (Lipinski definition) is 3. The molecule has 0 aliphatic heterocycles. The predicted molar refractivity (Wildman–Crippen MR) is 99.4 cm³/mol. The zero-order chi connectivity index (χ0) is 17.1. The van der Waals surface area contributed by atoms with Gasteiger partial charge in [-0.25, -0.2) is 4.39 Å². The van der Waals surface area contributed by atoms with E-state index in [0.29, 0.717) is 12.3 Å². The molecule has 23 heavy (non-hydrogen) atoms. The van der Waals surface area contributed by atoms with Crippen LogP contribution in [0.15, 0.2) is 41.1 Å². The normalized spacial score (nSPS) is 13.3. The smallest absolute Gasteiger partial charge is 0.110 e. The first kappa shape index (κ1) is 19.8. The van der Waals surface area contributed by atoms with Crippen molar-refractivity contribution < 1.29 is 4.39 Å². The van der Waals surface area contributed by atoms with Gasteiger partial charge < -0.3 is 16.4 Å². The van der Waals surface area contributed by atoms with E-state index in [0.717, 1.165) is 30.0 Å². The van der Waals surface area contributed by atoms with Crippen molar-refractivity contribution in [1.82, 2.24) is 10.6 Å². The maximum atomic E-state index is 13.2. The largest absolute Gasteiger partial charge is 0.401 e. The molecule has 0 heterocycles. The molecule has 130 valence electrons. The lowest BCUT2D eigenvalue weighted by Gasteiger charge is -2.15. The molecule has 0 aliphatic carbocycles. The number of rotatable bonds is 11. The highest BCUT2D eigenvalue weighted by molar-refractivity contribution is 7.99. The molecule has 0 aliphatic rings. The molecule has 5 heteroatoms. The fraction of sp³-hybridized carbons (Fsp3) is 0.556. The number of benzene rings is 1. The van der Waals surface area contributed by atoms with Crippen molar-refractivity contribution in [2.75, 3.05) is 26.0 Å². The van der Waals surface area contributed by atoms with Gasteiger partial charge in [0.15, 0.2) is 0 Å². The minimum atomic E-state index is -0.417. The van der Waals surface area contributed by atoms with E-state index in [4.69, 9.17) is 5.73 Å². The fourth-order valence-electron chi connectivity index (χ4n) is 1.99. The van der Waals surface area contributed by atoms with Crippen LogP contribution in [0.1, 0.15) is 25.8 Å². The van der Waals surface area contributed by atoms with Crippen molar-refractivity contribution in [2.24, 2.45) is 11.7 Å². The van der Waals surface area contributed by atoms with Gasteiger partial charge in [-0.3, -0.25) is 0 Å². The van der Waals surface area contributed by atoms with Gasteiger partial charge in [-0.15, -0.1) is 11.8 Å². The van der Waals surface area contributed by atoms with Crippen LogP contribution >= 0.6 is 11.8 Å². The Morgan fingerprint density at radius 3 is 2.57 bits per heavy atom. The van der Waals surface area contributed by atoms with Gasteiger partial charge in [0.1, 0.15) is 6.67 Å². The Morgan fingerprint density at radius 2 is 2.00 bits per heavy atom. The van der Waals surface area contributed by atoms with E-state index in [2.05, 4.69) is 48.7 Å². The van der Waals surface area contributed by atoms with Gasteiger partial charge in [0.05, 0.1) is 6.04 Å². The Kier molecular flexibility index (Phi) is 9.80. The van der Waals surface area contributed by atoms with Crippen LogP contribution in [0, 0.1) is 5.92 Å². The lowest BCUT2D eigenvalue weighted by atomic mass is 10.1. The van der Waals surface area contributed by atoms with E-state index < -0.39 is 6.67 Å². The summed E-state index contributed by atoms with van der Waals surface area (Å²) in [6, 6.07) is 8.17. The quantitative estimate of drug-likeness (QED) is 0.541. The summed E-state index contributed by atoms with van der Waals surface area (Å²) in [7, 11) is 1.88. The van der Waals surface area contributed by atoms with Crippen molar-refractivity contribution in [3.05, 3.63) is 41.7 Å². The summed E-state index contributed by atoms with van der Waals surface area (Å²) in [4.78, 5) is 1.27. The summed E-state index contributed by atoms with van der Waals surface area (Å²) in [5.74, 6) is 1.80. The van der Waals surface area contributed by atoms with Crippen LogP contribution < -0.4 is 16.4 Å². The maximum Gasteiger partial charge on any atom is 0.110 e. The molecule has 1 aromatic rings. The molecule has 1 atom stereocenters. The maximum absolute atomic E-state index is 13.2. The topological polar surface area (TPSA) is 50.1 Å². The third-order valence-corrected chi connectivity index (χ3v) is 4.78. The zero-order valence-corrected chi connectivity index (χ0v) is 15.3. The lowest BCUT2D eigenvalue weighted by Crippen LogP contribution is -2.30. The van der Waals surface area contributed by atoms with Crippen molar-refractivity contribution in [3.63, 3.8) is 0 Å². The number of halogens is 1. The first-order valence-electron chi connectivity index (χ1n) is 8.18. The molecule has 0 aromatic heterocycles. The second kappa shape index (κ2) is 11.4. The highest BCUT2D eigenvalue weighted by Crippen LogP contribution is 2.21. The molecule has 0 unspecified atom stereocenters. The summed E-state index contributed by atoms with van der Waals surface area (Å²) < 4.78 is 13.2. The van der Waals surface area contributed by atoms with Crippen LogP contribution in [0.2, 0.25) is 0 Å². The van der Waals surface area contributed by atoms with Crippen LogP contribution in [0.5, 0.6) is 0 Å². The number of thioether (sulfide) groups is 1. The summed E-state index contributed by atoms with van der Waals surface area (Å²) in [6.07, 6.45) is 3.14. The van der Waals surface area contributed by atoms with Crippen molar-refractivity contribution in [1.29, 1.82) is 0 Å². The van der Waals surface area contributed by atoms with Gasteiger partial charge in [0.2, 0.25) is 0 Å². The molecule has 0 amide bonds. The van der Waals surface area contributed by atoms with Gasteiger partial charge in [-0.05, 0) is 37.1 Å². The Labute approximate surface area is 144 Å². The molecule has 0 bridgehead atoms.